The third-order valence-corrected chi connectivity index (χ3v) is 4.19. The fourth-order valence-electron chi connectivity index (χ4n) is 2.46. The molecule has 0 spiro atoms. The molecule has 9 nitrogen and oxygen atoms in total. The number of nitrogens with one attached hydrogen (secondary N) is 1. The first kappa shape index (κ1) is 23.2. The summed E-state index contributed by atoms with van der Waals surface area (Å²) in [5.74, 6) is -1.44. The van der Waals surface area contributed by atoms with Gasteiger partial charge in [-0.25, -0.2) is 19.9 Å². The van der Waals surface area contributed by atoms with E-state index in [-0.39, 0.29) is 19.6 Å². The van der Waals surface area contributed by atoms with Gasteiger partial charge in [0.1, 0.15) is 12.6 Å². The highest BCUT2D eigenvalue weighted by molar-refractivity contribution is 6.68. The maximum absolute atomic E-state index is 12.9. The molecular weight excluding hydrogens is 449 g/mol. The molecule has 0 aliphatic carbocycles. The first-order chi connectivity index (χ1) is 13.6. The zero-order valence-electron chi connectivity index (χ0n) is 15.3. The second-order valence-electron chi connectivity index (χ2n) is 5.92. The molecule has 1 atom stereocenters. The second kappa shape index (κ2) is 10.1. The molecule has 158 valence electrons. The smallest absolute Gasteiger partial charge is 0.418 e. The first-order valence-electron chi connectivity index (χ1n) is 8.53. The number of hydrazine groups is 1. The highest BCUT2D eigenvalue weighted by Gasteiger charge is 2.36. The van der Waals surface area contributed by atoms with Crippen molar-refractivity contribution < 1.29 is 28.8 Å². The summed E-state index contributed by atoms with van der Waals surface area (Å²) < 4.78 is 2.77. The molecule has 1 aliphatic heterocycles. The number of alkyl halides is 3. The van der Waals surface area contributed by atoms with Crippen molar-refractivity contribution in [3.8, 4) is 0 Å². The fraction of sp³-hybridized carbons (Fsp3) is 0.412. The largest absolute Gasteiger partial charge is 0.447 e. The summed E-state index contributed by atoms with van der Waals surface area (Å²) in [7, 11) is 0. The Bertz CT molecular complexity index is 771. The number of ketones is 1. The quantitative estimate of drug-likeness (QED) is 0.373. The number of nitrogens with zero attached hydrogens (tertiary/aromatic N) is 2. The zero-order chi connectivity index (χ0) is 21.6. The van der Waals surface area contributed by atoms with Crippen LogP contribution in [0.1, 0.15) is 30.1 Å². The van der Waals surface area contributed by atoms with E-state index in [1.165, 1.54) is 0 Å². The fourth-order valence-corrected chi connectivity index (χ4v) is 2.78. The van der Waals surface area contributed by atoms with Crippen molar-refractivity contribution in [1.29, 1.82) is 0 Å². The van der Waals surface area contributed by atoms with Crippen LogP contribution < -0.4 is 5.43 Å². The van der Waals surface area contributed by atoms with Gasteiger partial charge < -0.3 is 9.57 Å². The molecule has 1 unspecified atom stereocenters. The number of ether oxygens (including phenoxy) is 1. The molecule has 0 saturated carbocycles. The van der Waals surface area contributed by atoms with E-state index in [9.17, 15) is 19.2 Å². The molecular formula is C17H18Cl3N3O6. The minimum Gasteiger partial charge on any atom is -0.447 e. The van der Waals surface area contributed by atoms with Gasteiger partial charge in [0.05, 0.1) is 13.0 Å². The Morgan fingerprint density at radius 1 is 1.28 bits per heavy atom. The molecule has 3 amide bonds. The van der Waals surface area contributed by atoms with Crippen LogP contribution in [0.3, 0.4) is 0 Å². The molecule has 1 aliphatic rings. The van der Waals surface area contributed by atoms with E-state index in [4.69, 9.17) is 44.4 Å². The molecule has 12 heteroatoms. The summed E-state index contributed by atoms with van der Waals surface area (Å²) in [5, 5.41) is 0.669. The number of halogens is 3. The van der Waals surface area contributed by atoms with Crippen LogP contribution >= 0.6 is 34.8 Å². The summed E-state index contributed by atoms with van der Waals surface area (Å²) in [4.78, 5) is 54.9. The lowest BCUT2D eigenvalue weighted by atomic mass is 10.0. The normalized spacial score (nSPS) is 15.1. The number of cyclic esters (lactones) is 1. The number of carbonyl (C=O) groups is 4. The van der Waals surface area contributed by atoms with E-state index in [0.29, 0.717) is 10.7 Å². The highest BCUT2D eigenvalue weighted by Crippen LogP contribution is 2.30. The number of urea groups is 1. The summed E-state index contributed by atoms with van der Waals surface area (Å²) >= 11 is 16.8. The van der Waals surface area contributed by atoms with Gasteiger partial charge in [0.25, 0.3) is 0 Å². The highest BCUT2D eigenvalue weighted by atomic mass is 35.6. The second-order valence-corrected chi connectivity index (χ2v) is 8.43. The maximum Gasteiger partial charge on any atom is 0.418 e. The van der Waals surface area contributed by atoms with Crippen LogP contribution in [0.5, 0.6) is 0 Å². The Morgan fingerprint density at radius 2 is 1.93 bits per heavy atom. The lowest BCUT2D eigenvalue weighted by molar-refractivity contribution is -0.210. The third kappa shape index (κ3) is 6.74. The number of hydrogen-bond donors (Lipinski definition) is 1. The van der Waals surface area contributed by atoms with Crippen molar-refractivity contribution >= 4 is 58.7 Å². The predicted octanol–water partition coefficient (Wildman–Crippen LogP) is 3.25. The van der Waals surface area contributed by atoms with Crippen molar-refractivity contribution in [2.45, 2.75) is 29.6 Å². The monoisotopic (exact) mass is 465 g/mol. The van der Waals surface area contributed by atoms with Gasteiger partial charge in [-0.1, -0.05) is 72.1 Å². The van der Waals surface area contributed by atoms with Gasteiger partial charge in [0.15, 0.2) is 5.78 Å². The van der Waals surface area contributed by atoms with Gasteiger partial charge in [0, 0.05) is 5.56 Å². The van der Waals surface area contributed by atoms with Crippen LogP contribution in [0.15, 0.2) is 30.3 Å². The number of benzene rings is 1. The molecule has 1 heterocycles. The van der Waals surface area contributed by atoms with Crippen molar-refractivity contribution in [3.63, 3.8) is 0 Å². The first-order valence-corrected chi connectivity index (χ1v) is 9.66. The summed E-state index contributed by atoms with van der Waals surface area (Å²) in [6, 6.07) is 6.18. The van der Waals surface area contributed by atoms with Crippen LogP contribution in [-0.2, 0) is 14.4 Å². The number of hydrogen-bond acceptors (Lipinski definition) is 7. The molecule has 0 bridgehead atoms. The summed E-state index contributed by atoms with van der Waals surface area (Å²) in [6.45, 7) is 1.68. The van der Waals surface area contributed by atoms with E-state index in [1.807, 2.05) is 0 Å². The van der Waals surface area contributed by atoms with E-state index in [0.717, 1.165) is 4.90 Å². The number of hydroxylamine groups is 1. The molecule has 1 aromatic carbocycles. The van der Waals surface area contributed by atoms with Crippen molar-refractivity contribution in [1.82, 2.24) is 15.5 Å². The Kier molecular flexibility index (Phi) is 8.09. The van der Waals surface area contributed by atoms with Crippen molar-refractivity contribution in [2.75, 3.05) is 13.2 Å². The van der Waals surface area contributed by atoms with Gasteiger partial charge in [-0.05, 0) is 11.6 Å². The number of rotatable bonds is 7. The Balaban J connectivity index is 2.23. The molecule has 1 saturated heterocycles. The van der Waals surface area contributed by atoms with Crippen molar-refractivity contribution in [3.05, 3.63) is 35.9 Å². The topological polar surface area (TPSA) is 105 Å². The van der Waals surface area contributed by atoms with Crippen LogP contribution in [-0.4, -0.2) is 56.9 Å². The van der Waals surface area contributed by atoms with Gasteiger partial charge in [-0.15, -0.1) is 0 Å². The Hall–Kier alpha value is -2.07. The molecule has 0 aromatic heterocycles. The SMILES string of the molecule is CCC(C(=O)c1ccccc1)N(NC(=O)N1CCOC1=O)OC(=O)CC(Cl)(Cl)Cl. The molecule has 29 heavy (non-hydrogen) atoms. The number of amides is 3. The van der Waals surface area contributed by atoms with Crippen LogP contribution in [0.4, 0.5) is 9.59 Å². The minimum absolute atomic E-state index is 0.00400. The van der Waals surface area contributed by atoms with Gasteiger partial charge in [-0.3, -0.25) is 9.59 Å². The van der Waals surface area contributed by atoms with Gasteiger partial charge >= 0.3 is 18.1 Å². The minimum atomic E-state index is -1.93. The van der Waals surface area contributed by atoms with E-state index < -0.39 is 40.1 Å². The summed E-state index contributed by atoms with van der Waals surface area (Å²) in [6.07, 6.45) is -1.34. The molecule has 1 N–H and O–H groups in total. The summed E-state index contributed by atoms with van der Waals surface area (Å²) in [5.41, 5.74) is 2.56. The van der Waals surface area contributed by atoms with E-state index in [2.05, 4.69) is 5.43 Å². The predicted molar refractivity (Wildman–Crippen MR) is 104 cm³/mol. The van der Waals surface area contributed by atoms with Crippen LogP contribution in [0, 0.1) is 0 Å². The average molecular weight is 467 g/mol. The van der Waals surface area contributed by atoms with Crippen LogP contribution in [0.2, 0.25) is 0 Å². The number of Topliss-reactive ketones (excluding diaryl/α,β-unsaturated/α-hetero) is 1. The number of carbonyl (C=O) groups excluding carboxylic acids is 4. The third-order valence-electron chi connectivity index (χ3n) is 3.79. The van der Waals surface area contributed by atoms with Crippen molar-refractivity contribution in [2.24, 2.45) is 0 Å². The molecule has 2 rings (SSSR count). The van der Waals surface area contributed by atoms with Crippen LogP contribution in [0.25, 0.3) is 0 Å². The molecule has 1 aromatic rings. The van der Waals surface area contributed by atoms with Gasteiger partial charge in [-0.2, -0.15) is 0 Å². The maximum atomic E-state index is 12.9. The Labute approximate surface area is 181 Å². The molecule has 0 radical (unpaired) electrons. The standard InChI is InChI=1S/C17H18Cl3N3O6/c1-2-12(14(25)11-6-4-3-5-7-11)23(29-13(24)10-17(18,19)20)21-15(26)22-8-9-28-16(22)27/h3-7,12H,2,8-10H2,1H3,(H,21,26). The van der Waals surface area contributed by atoms with Gasteiger partial charge in [0.2, 0.25) is 3.79 Å². The van der Waals surface area contributed by atoms with E-state index >= 15 is 0 Å². The van der Waals surface area contributed by atoms with E-state index in [1.54, 1.807) is 37.3 Å². The zero-order valence-corrected chi connectivity index (χ0v) is 17.5. The Morgan fingerprint density at radius 3 is 2.45 bits per heavy atom. The lowest BCUT2D eigenvalue weighted by Crippen LogP contribution is -2.56. The number of imide groups is 1. The average Bonchev–Trinajstić information content (AvgIpc) is 3.07. The lowest BCUT2D eigenvalue weighted by Gasteiger charge is -2.29. The molecule has 1 fully saturated rings.